The normalized spacial score (nSPS) is 13.5. The molecule has 0 heterocycles. The first-order valence-corrected chi connectivity index (χ1v) is 5.05. The van der Waals surface area contributed by atoms with Gasteiger partial charge in [0.05, 0.1) is 13.5 Å². The number of hydrogen-bond acceptors (Lipinski definition) is 2. The van der Waals surface area contributed by atoms with Crippen LogP contribution < -0.4 is 10.1 Å². The Labute approximate surface area is 101 Å². The van der Waals surface area contributed by atoms with Crippen LogP contribution in [-0.4, -0.2) is 20.3 Å². The van der Waals surface area contributed by atoms with E-state index in [4.69, 9.17) is 0 Å². The van der Waals surface area contributed by atoms with Gasteiger partial charge in [-0.1, -0.05) is 0 Å². The molecule has 0 bridgehead atoms. The van der Waals surface area contributed by atoms with Crippen molar-refractivity contribution >= 4 is 0 Å². The van der Waals surface area contributed by atoms with Crippen LogP contribution in [0, 0.1) is 11.6 Å². The summed E-state index contributed by atoms with van der Waals surface area (Å²) < 4.78 is 68.6. The molecule has 0 aliphatic heterocycles. The van der Waals surface area contributed by atoms with Crippen LogP contribution >= 0.6 is 0 Å². The summed E-state index contributed by atoms with van der Waals surface area (Å²) in [6.07, 6.45) is -5.88. The van der Waals surface area contributed by atoms with Crippen LogP contribution in [0.15, 0.2) is 12.1 Å². The highest BCUT2D eigenvalue weighted by Crippen LogP contribution is 2.33. The lowest BCUT2D eigenvalue weighted by molar-refractivity contribution is -0.140. The van der Waals surface area contributed by atoms with E-state index in [0.29, 0.717) is 0 Å². The molecule has 0 fully saturated rings. The predicted octanol–water partition coefficient (Wildman–Crippen LogP) is 3.19. The number of benzene rings is 1. The summed E-state index contributed by atoms with van der Waals surface area (Å²) in [5.74, 6) is -2.23. The van der Waals surface area contributed by atoms with Gasteiger partial charge in [0.25, 0.3) is 0 Å². The molecule has 7 heteroatoms. The van der Waals surface area contributed by atoms with Crippen molar-refractivity contribution in [1.29, 1.82) is 0 Å². The first-order chi connectivity index (χ1) is 8.28. The highest BCUT2D eigenvalue weighted by atomic mass is 19.4. The fraction of sp³-hybridized carbons (Fsp3) is 0.455. The molecule has 1 rings (SSSR count). The summed E-state index contributed by atoms with van der Waals surface area (Å²) in [4.78, 5) is 0. The van der Waals surface area contributed by atoms with Gasteiger partial charge >= 0.3 is 6.18 Å². The van der Waals surface area contributed by atoms with Crippen molar-refractivity contribution < 1.29 is 26.7 Å². The van der Waals surface area contributed by atoms with Crippen LogP contribution in [-0.2, 0) is 0 Å². The molecule has 1 aromatic carbocycles. The third-order valence-corrected chi connectivity index (χ3v) is 2.42. The van der Waals surface area contributed by atoms with Gasteiger partial charge in [0.2, 0.25) is 0 Å². The topological polar surface area (TPSA) is 21.3 Å². The van der Waals surface area contributed by atoms with E-state index < -0.39 is 35.8 Å². The largest absolute Gasteiger partial charge is 0.497 e. The van der Waals surface area contributed by atoms with Gasteiger partial charge in [0, 0.05) is 23.7 Å². The first-order valence-electron chi connectivity index (χ1n) is 5.05. The predicted molar refractivity (Wildman–Crippen MR) is 55.4 cm³/mol. The quantitative estimate of drug-likeness (QED) is 0.848. The molecule has 0 aliphatic carbocycles. The first kappa shape index (κ1) is 14.7. The number of ether oxygens (including phenoxy) is 1. The summed E-state index contributed by atoms with van der Waals surface area (Å²) in [7, 11) is 2.42. The van der Waals surface area contributed by atoms with Crippen molar-refractivity contribution in [2.75, 3.05) is 14.2 Å². The average Bonchev–Trinajstić information content (AvgIpc) is 2.24. The monoisotopic (exact) mass is 269 g/mol. The fourth-order valence-electron chi connectivity index (χ4n) is 1.59. The Morgan fingerprint density at radius 3 is 2.06 bits per heavy atom. The van der Waals surface area contributed by atoms with Crippen LogP contribution in [0.1, 0.15) is 18.0 Å². The summed E-state index contributed by atoms with van der Waals surface area (Å²) >= 11 is 0. The molecular weight excluding hydrogens is 257 g/mol. The third-order valence-electron chi connectivity index (χ3n) is 2.42. The third kappa shape index (κ3) is 3.56. The number of nitrogens with one attached hydrogen (secondary N) is 1. The second-order valence-corrected chi connectivity index (χ2v) is 3.67. The molecule has 1 N–H and O–H groups in total. The number of alkyl halides is 3. The van der Waals surface area contributed by atoms with Gasteiger partial charge in [0.1, 0.15) is 17.4 Å². The van der Waals surface area contributed by atoms with E-state index in [0.717, 1.165) is 12.1 Å². The highest BCUT2D eigenvalue weighted by molar-refractivity contribution is 5.32. The van der Waals surface area contributed by atoms with Gasteiger partial charge in [0.15, 0.2) is 0 Å². The zero-order valence-corrected chi connectivity index (χ0v) is 9.74. The second-order valence-electron chi connectivity index (χ2n) is 3.67. The van der Waals surface area contributed by atoms with Crippen LogP contribution in [0.5, 0.6) is 5.75 Å². The van der Waals surface area contributed by atoms with E-state index in [2.05, 4.69) is 10.1 Å². The van der Waals surface area contributed by atoms with Crippen LogP contribution in [0.4, 0.5) is 22.0 Å². The van der Waals surface area contributed by atoms with Gasteiger partial charge in [-0.25, -0.2) is 8.78 Å². The van der Waals surface area contributed by atoms with Gasteiger partial charge < -0.3 is 10.1 Å². The van der Waals surface area contributed by atoms with E-state index in [-0.39, 0.29) is 5.75 Å². The Hall–Kier alpha value is -1.37. The minimum Gasteiger partial charge on any atom is -0.497 e. The van der Waals surface area contributed by atoms with Crippen molar-refractivity contribution in [3.8, 4) is 5.75 Å². The number of rotatable bonds is 4. The van der Waals surface area contributed by atoms with Crippen molar-refractivity contribution in [2.24, 2.45) is 0 Å². The minimum absolute atomic E-state index is 0.0874. The molecule has 0 saturated heterocycles. The fourth-order valence-corrected chi connectivity index (χ4v) is 1.59. The summed E-state index contributed by atoms with van der Waals surface area (Å²) in [6, 6.07) is 0.217. The smallest absolute Gasteiger partial charge is 0.390 e. The van der Waals surface area contributed by atoms with E-state index in [1.54, 1.807) is 0 Å². The van der Waals surface area contributed by atoms with E-state index in [1.807, 2.05) is 0 Å². The maximum absolute atomic E-state index is 13.6. The van der Waals surface area contributed by atoms with Crippen LogP contribution in [0.3, 0.4) is 0 Å². The maximum atomic E-state index is 13.6. The Kier molecular flexibility index (Phi) is 4.50. The second kappa shape index (κ2) is 5.51. The zero-order valence-electron chi connectivity index (χ0n) is 9.74. The Morgan fingerprint density at radius 2 is 1.72 bits per heavy atom. The lowest BCUT2D eigenvalue weighted by atomic mass is 10.0. The lowest BCUT2D eigenvalue weighted by Gasteiger charge is -2.20. The van der Waals surface area contributed by atoms with E-state index >= 15 is 0 Å². The molecule has 0 aliphatic rings. The van der Waals surface area contributed by atoms with Crippen molar-refractivity contribution in [1.82, 2.24) is 5.32 Å². The lowest BCUT2D eigenvalue weighted by Crippen LogP contribution is -2.25. The van der Waals surface area contributed by atoms with Crippen molar-refractivity contribution in [3.63, 3.8) is 0 Å². The Balaban J connectivity index is 3.14. The molecule has 102 valence electrons. The summed E-state index contributed by atoms with van der Waals surface area (Å²) in [5, 5.41) is 2.25. The molecule has 0 amide bonds. The van der Waals surface area contributed by atoms with Crippen molar-refractivity contribution in [3.05, 3.63) is 29.3 Å². The van der Waals surface area contributed by atoms with E-state index in [1.165, 1.54) is 14.2 Å². The van der Waals surface area contributed by atoms with Gasteiger partial charge in [-0.05, 0) is 7.05 Å². The Bertz CT molecular complexity index is 395. The molecule has 0 radical (unpaired) electrons. The SMILES string of the molecule is CNC(CC(F)(F)F)c1c(F)cc(OC)cc1F. The number of halogens is 5. The number of methoxy groups -OCH3 is 1. The zero-order chi connectivity index (χ0) is 13.9. The maximum Gasteiger partial charge on any atom is 0.390 e. The molecule has 0 saturated carbocycles. The molecule has 18 heavy (non-hydrogen) atoms. The molecule has 0 spiro atoms. The summed E-state index contributed by atoms with van der Waals surface area (Å²) in [6.45, 7) is 0. The van der Waals surface area contributed by atoms with Gasteiger partial charge in [-0.15, -0.1) is 0 Å². The van der Waals surface area contributed by atoms with Gasteiger partial charge in [-0.2, -0.15) is 13.2 Å². The molecule has 2 nitrogen and oxygen atoms in total. The van der Waals surface area contributed by atoms with E-state index in [9.17, 15) is 22.0 Å². The highest BCUT2D eigenvalue weighted by Gasteiger charge is 2.34. The Morgan fingerprint density at radius 1 is 1.22 bits per heavy atom. The average molecular weight is 269 g/mol. The van der Waals surface area contributed by atoms with Gasteiger partial charge in [-0.3, -0.25) is 0 Å². The molecular formula is C11H12F5NO. The van der Waals surface area contributed by atoms with Crippen molar-refractivity contribution in [2.45, 2.75) is 18.6 Å². The summed E-state index contributed by atoms with van der Waals surface area (Å²) in [5.41, 5.74) is -0.643. The molecule has 1 unspecified atom stereocenters. The minimum atomic E-state index is -4.52. The van der Waals surface area contributed by atoms with Crippen LogP contribution in [0.25, 0.3) is 0 Å². The molecule has 1 aromatic rings. The molecule has 1 atom stereocenters. The standard InChI is InChI=1S/C11H12F5NO/c1-17-9(5-11(14,15)16)10-7(12)3-6(18-2)4-8(10)13/h3-4,9,17H,5H2,1-2H3. The van der Waals surface area contributed by atoms with Crippen LogP contribution in [0.2, 0.25) is 0 Å². The molecule has 0 aromatic heterocycles. The number of hydrogen-bond donors (Lipinski definition) is 1.